The van der Waals surface area contributed by atoms with Crippen LogP contribution in [0.4, 0.5) is 11.4 Å². The van der Waals surface area contributed by atoms with Gasteiger partial charge < -0.3 is 5.32 Å². The smallest absolute Gasteiger partial charge is 0.229 e. The van der Waals surface area contributed by atoms with Crippen LogP contribution in [0.3, 0.4) is 0 Å². The van der Waals surface area contributed by atoms with Crippen molar-refractivity contribution in [1.29, 1.82) is 0 Å². The van der Waals surface area contributed by atoms with Crippen LogP contribution in [0.2, 0.25) is 0 Å². The predicted molar refractivity (Wildman–Crippen MR) is 81.2 cm³/mol. The van der Waals surface area contributed by atoms with E-state index in [1.807, 2.05) is 0 Å². The van der Waals surface area contributed by atoms with Crippen LogP contribution in [0.25, 0.3) is 0 Å². The Balaban J connectivity index is 2.70. The number of sulfonamides is 1. The van der Waals surface area contributed by atoms with Crippen LogP contribution >= 0.6 is 15.9 Å². The van der Waals surface area contributed by atoms with Gasteiger partial charge in [0.2, 0.25) is 15.9 Å². The summed E-state index contributed by atoms with van der Waals surface area (Å²) in [6.07, 6.45) is 3.20. The third-order valence-electron chi connectivity index (χ3n) is 2.28. The second-order valence-electron chi connectivity index (χ2n) is 4.11. The largest absolute Gasteiger partial charge is 0.324 e. The number of para-hydroxylation sites is 2. The fourth-order valence-electron chi connectivity index (χ4n) is 1.47. The number of rotatable bonds is 7. The molecule has 0 fully saturated rings. The molecule has 0 atom stereocenters. The molecule has 0 bridgehead atoms. The zero-order valence-electron chi connectivity index (χ0n) is 10.6. The third kappa shape index (κ3) is 6.58. The van der Waals surface area contributed by atoms with E-state index in [9.17, 15) is 13.2 Å². The van der Waals surface area contributed by atoms with E-state index in [1.165, 1.54) is 0 Å². The van der Waals surface area contributed by atoms with Gasteiger partial charge in [-0.05, 0) is 25.0 Å². The van der Waals surface area contributed by atoms with Gasteiger partial charge in [0, 0.05) is 11.8 Å². The Hall–Kier alpha value is -1.08. The Kier molecular flexibility index (Phi) is 6.30. The maximum atomic E-state index is 11.7. The lowest BCUT2D eigenvalue weighted by Gasteiger charge is -2.11. The number of hydrogen-bond donors (Lipinski definition) is 2. The molecule has 0 heterocycles. The van der Waals surface area contributed by atoms with Gasteiger partial charge in [0.05, 0.1) is 17.6 Å². The number of nitrogens with one attached hydrogen (secondary N) is 2. The van der Waals surface area contributed by atoms with Gasteiger partial charge in [-0.15, -0.1) is 0 Å². The monoisotopic (exact) mass is 348 g/mol. The zero-order valence-corrected chi connectivity index (χ0v) is 13.1. The van der Waals surface area contributed by atoms with Crippen LogP contribution in [-0.4, -0.2) is 25.9 Å². The molecule has 7 heteroatoms. The van der Waals surface area contributed by atoms with Gasteiger partial charge in [-0.2, -0.15) is 0 Å². The first-order valence-electron chi connectivity index (χ1n) is 5.85. The number of carbonyl (C=O) groups is 1. The van der Waals surface area contributed by atoms with Gasteiger partial charge in [0.25, 0.3) is 0 Å². The highest BCUT2D eigenvalue weighted by Crippen LogP contribution is 2.22. The fourth-order valence-corrected chi connectivity index (χ4v) is 2.45. The number of unbranched alkanes of at least 4 members (excludes halogenated alkanes) is 1. The van der Waals surface area contributed by atoms with Crippen molar-refractivity contribution >= 4 is 43.2 Å². The highest BCUT2D eigenvalue weighted by Gasteiger charge is 2.09. The molecule has 0 saturated heterocycles. The number of hydrogen-bond acceptors (Lipinski definition) is 3. The van der Waals surface area contributed by atoms with E-state index < -0.39 is 10.0 Å². The molecule has 0 aromatic heterocycles. The van der Waals surface area contributed by atoms with Gasteiger partial charge in [0.1, 0.15) is 0 Å². The van der Waals surface area contributed by atoms with Crippen molar-refractivity contribution in [2.24, 2.45) is 0 Å². The highest BCUT2D eigenvalue weighted by atomic mass is 79.9. The molecule has 2 N–H and O–H groups in total. The molecule has 0 radical (unpaired) electrons. The molecular formula is C12H17BrN2O3S. The van der Waals surface area contributed by atoms with Gasteiger partial charge in [0.15, 0.2) is 0 Å². The number of anilines is 2. The lowest BCUT2D eigenvalue weighted by atomic mass is 10.2. The standard InChI is InChI=1S/C12H17BrN2O3S/c1-19(17,18)15-11-7-3-2-6-10(11)14-12(16)8-4-5-9-13/h2-3,6-7,15H,4-5,8-9H2,1H3,(H,14,16). The number of halogens is 1. The normalized spacial score (nSPS) is 11.1. The van der Waals surface area contributed by atoms with E-state index in [-0.39, 0.29) is 5.91 Å². The average Bonchev–Trinajstić information content (AvgIpc) is 2.30. The molecule has 106 valence electrons. The van der Waals surface area contributed by atoms with Crippen LogP contribution in [0.5, 0.6) is 0 Å². The van der Waals surface area contributed by atoms with Crippen LogP contribution in [0.15, 0.2) is 24.3 Å². The second kappa shape index (κ2) is 7.49. The molecule has 0 aliphatic carbocycles. The maximum absolute atomic E-state index is 11.7. The minimum Gasteiger partial charge on any atom is -0.324 e. The highest BCUT2D eigenvalue weighted by molar-refractivity contribution is 9.09. The first kappa shape index (κ1) is 16.0. The summed E-state index contributed by atoms with van der Waals surface area (Å²) in [6.45, 7) is 0. The SMILES string of the molecule is CS(=O)(=O)Nc1ccccc1NC(=O)CCCCBr. The summed E-state index contributed by atoms with van der Waals surface area (Å²) in [5.41, 5.74) is 0.843. The molecule has 1 amide bonds. The number of amides is 1. The number of carbonyl (C=O) groups excluding carboxylic acids is 1. The van der Waals surface area contributed by atoms with E-state index in [2.05, 4.69) is 26.0 Å². The van der Waals surface area contributed by atoms with Crippen LogP contribution in [0, 0.1) is 0 Å². The lowest BCUT2D eigenvalue weighted by molar-refractivity contribution is -0.116. The first-order chi connectivity index (χ1) is 8.92. The third-order valence-corrected chi connectivity index (χ3v) is 3.44. The van der Waals surface area contributed by atoms with Crippen LogP contribution in [-0.2, 0) is 14.8 Å². The minimum atomic E-state index is -3.36. The summed E-state index contributed by atoms with van der Waals surface area (Å²) in [5, 5.41) is 3.58. The van der Waals surface area contributed by atoms with Crippen molar-refractivity contribution in [2.45, 2.75) is 19.3 Å². The van der Waals surface area contributed by atoms with Gasteiger partial charge in [-0.1, -0.05) is 28.1 Å². The van der Waals surface area contributed by atoms with Gasteiger partial charge in [-0.25, -0.2) is 8.42 Å². The Bertz CT molecular complexity index is 532. The Labute approximate surface area is 122 Å². The van der Waals surface area contributed by atoms with Crippen molar-refractivity contribution in [3.63, 3.8) is 0 Å². The van der Waals surface area contributed by atoms with Crippen molar-refractivity contribution in [3.05, 3.63) is 24.3 Å². The Morgan fingerprint density at radius 1 is 1.21 bits per heavy atom. The summed E-state index contributed by atoms with van der Waals surface area (Å²) in [6, 6.07) is 6.71. The van der Waals surface area contributed by atoms with Gasteiger partial charge >= 0.3 is 0 Å². The van der Waals surface area contributed by atoms with Gasteiger partial charge in [-0.3, -0.25) is 9.52 Å². The van der Waals surface area contributed by atoms with Crippen LogP contribution < -0.4 is 10.0 Å². The fraction of sp³-hybridized carbons (Fsp3) is 0.417. The molecule has 5 nitrogen and oxygen atoms in total. The van der Waals surface area contributed by atoms with E-state index in [4.69, 9.17) is 0 Å². The summed E-state index contributed by atoms with van der Waals surface area (Å²) >= 11 is 3.30. The quantitative estimate of drug-likeness (QED) is 0.587. The Morgan fingerprint density at radius 3 is 2.42 bits per heavy atom. The average molecular weight is 349 g/mol. The van der Waals surface area contributed by atoms with E-state index in [0.29, 0.717) is 17.8 Å². The number of alkyl halides is 1. The van der Waals surface area contributed by atoms with Crippen molar-refractivity contribution in [3.8, 4) is 0 Å². The minimum absolute atomic E-state index is 0.122. The number of benzene rings is 1. The molecule has 1 aromatic rings. The molecule has 0 saturated carbocycles. The van der Waals surface area contributed by atoms with E-state index in [1.54, 1.807) is 24.3 Å². The van der Waals surface area contributed by atoms with Crippen LogP contribution in [0.1, 0.15) is 19.3 Å². The summed E-state index contributed by atoms with van der Waals surface area (Å²) in [5.74, 6) is -0.122. The van der Waals surface area contributed by atoms with Crippen molar-refractivity contribution < 1.29 is 13.2 Å². The molecule has 0 unspecified atom stereocenters. The summed E-state index contributed by atoms with van der Waals surface area (Å²) < 4.78 is 24.8. The molecule has 1 aromatic carbocycles. The predicted octanol–water partition coefficient (Wildman–Crippen LogP) is 2.56. The van der Waals surface area contributed by atoms with Crippen molar-refractivity contribution in [1.82, 2.24) is 0 Å². The maximum Gasteiger partial charge on any atom is 0.229 e. The molecule has 0 aliphatic rings. The molecule has 19 heavy (non-hydrogen) atoms. The van der Waals surface area contributed by atoms with E-state index >= 15 is 0 Å². The zero-order chi connectivity index (χ0) is 14.3. The first-order valence-corrected chi connectivity index (χ1v) is 8.86. The second-order valence-corrected chi connectivity index (χ2v) is 6.66. The Morgan fingerprint density at radius 2 is 1.84 bits per heavy atom. The molecule has 1 rings (SSSR count). The van der Waals surface area contributed by atoms with E-state index in [0.717, 1.165) is 24.4 Å². The summed E-state index contributed by atoms with van der Waals surface area (Å²) in [7, 11) is -3.36. The molecular weight excluding hydrogens is 332 g/mol. The molecule has 0 aliphatic heterocycles. The topological polar surface area (TPSA) is 75.3 Å². The summed E-state index contributed by atoms with van der Waals surface area (Å²) in [4.78, 5) is 11.7. The molecule has 0 spiro atoms. The lowest BCUT2D eigenvalue weighted by Crippen LogP contribution is -2.15. The van der Waals surface area contributed by atoms with Crippen molar-refractivity contribution in [2.75, 3.05) is 21.6 Å².